The van der Waals surface area contributed by atoms with E-state index in [1.807, 2.05) is 13.8 Å². The predicted molar refractivity (Wildman–Crippen MR) is 73.4 cm³/mol. The van der Waals surface area contributed by atoms with Crippen LogP contribution < -0.4 is 5.32 Å². The number of methoxy groups -OCH3 is 1. The molecule has 5 heteroatoms. The van der Waals surface area contributed by atoms with Gasteiger partial charge in [0.1, 0.15) is 17.3 Å². The van der Waals surface area contributed by atoms with Gasteiger partial charge in [0, 0.05) is 0 Å². The lowest BCUT2D eigenvalue weighted by atomic mass is 10.0. The van der Waals surface area contributed by atoms with Crippen molar-refractivity contribution in [1.82, 2.24) is 5.32 Å². The molecule has 0 spiro atoms. The average Bonchev–Trinajstić information content (AvgIpc) is 2.26. The standard InChI is InChI=1S/C14H25NO4/c1-8-10(12(16)18-7)15-11(9(2)3)13(17)19-14(4,5)6/h8-9,11,15H,1-7H3/b10-8-/t11-/m1/s1. The highest BCUT2D eigenvalue weighted by atomic mass is 16.6. The van der Waals surface area contributed by atoms with Crippen LogP contribution in [0.5, 0.6) is 0 Å². The van der Waals surface area contributed by atoms with Crippen LogP contribution in [0.1, 0.15) is 41.5 Å². The molecule has 1 N–H and O–H groups in total. The van der Waals surface area contributed by atoms with E-state index < -0.39 is 17.6 Å². The molecule has 0 rings (SSSR count). The third-order valence-electron chi connectivity index (χ3n) is 2.33. The topological polar surface area (TPSA) is 64.6 Å². The van der Waals surface area contributed by atoms with Crippen molar-refractivity contribution in [2.24, 2.45) is 5.92 Å². The highest BCUT2D eigenvalue weighted by Gasteiger charge is 2.29. The zero-order valence-corrected chi connectivity index (χ0v) is 12.9. The van der Waals surface area contributed by atoms with E-state index in [1.54, 1.807) is 33.8 Å². The van der Waals surface area contributed by atoms with Gasteiger partial charge in [-0.25, -0.2) is 9.59 Å². The summed E-state index contributed by atoms with van der Waals surface area (Å²) in [7, 11) is 1.30. The maximum Gasteiger partial charge on any atom is 0.353 e. The zero-order valence-electron chi connectivity index (χ0n) is 12.9. The van der Waals surface area contributed by atoms with E-state index >= 15 is 0 Å². The number of carbonyl (C=O) groups excluding carboxylic acids is 2. The number of hydrogen-bond acceptors (Lipinski definition) is 5. The van der Waals surface area contributed by atoms with Crippen LogP contribution in [0.2, 0.25) is 0 Å². The molecule has 0 saturated heterocycles. The molecule has 0 heterocycles. The van der Waals surface area contributed by atoms with Crippen molar-refractivity contribution in [3.05, 3.63) is 11.8 Å². The summed E-state index contributed by atoms with van der Waals surface area (Å²) in [5.41, 5.74) is -0.306. The number of nitrogens with one attached hydrogen (secondary N) is 1. The van der Waals surface area contributed by atoms with E-state index in [4.69, 9.17) is 4.74 Å². The minimum Gasteiger partial charge on any atom is -0.464 e. The number of hydrogen-bond donors (Lipinski definition) is 1. The van der Waals surface area contributed by atoms with Crippen LogP contribution in [0.25, 0.3) is 0 Å². The Morgan fingerprint density at radius 3 is 2.05 bits per heavy atom. The zero-order chi connectivity index (χ0) is 15.2. The smallest absolute Gasteiger partial charge is 0.353 e. The molecule has 1 atom stereocenters. The molecule has 0 aliphatic heterocycles. The predicted octanol–water partition coefficient (Wildman–Crippen LogP) is 2.02. The number of allylic oxidation sites excluding steroid dienone is 1. The van der Waals surface area contributed by atoms with Crippen molar-refractivity contribution in [3.8, 4) is 0 Å². The molecule has 0 radical (unpaired) electrons. The lowest BCUT2D eigenvalue weighted by molar-refractivity contribution is -0.158. The lowest BCUT2D eigenvalue weighted by Crippen LogP contribution is -2.45. The quantitative estimate of drug-likeness (QED) is 0.612. The second kappa shape index (κ2) is 7.16. The third-order valence-corrected chi connectivity index (χ3v) is 2.33. The van der Waals surface area contributed by atoms with Crippen LogP contribution in [0.4, 0.5) is 0 Å². The van der Waals surface area contributed by atoms with Gasteiger partial charge in [0.15, 0.2) is 0 Å². The molecule has 0 aromatic rings. The van der Waals surface area contributed by atoms with Crippen LogP contribution in [-0.4, -0.2) is 30.7 Å². The van der Waals surface area contributed by atoms with Crippen molar-refractivity contribution in [1.29, 1.82) is 0 Å². The summed E-state index contributed by atoms with van der Waals surface area (Å²) in [5, 5.41) is 2.89. The van der Waals surface area contributed by atoms with Gasteiger partial charge in [-0.3, -0.25) is 0 Å². The second-order valence-corrected chi connectivity index (χ2v) is 5.59. The first-order valence-electron chi connectivity index (χ1n) is 6.36. The van der Waals surface area contributed by atoms with Crippen LogP contribution in [0.3, 0.4) is 0 Å². The SMILES string of the molecule is C/C=C(\N[C@@H](C(=O)OC(C)(C)C)C(C)C)C(=O)OC. The fourth-order valence-electron chi connectivity index (χ4n) is 1.40. The van der Waals surface area contributed by atoms with Crippen molar-refractivity contribution < 1.29 is 19.1 Å². The minimum atomic E-state index is -0.593. The first-order chi connectivity index (χ1) is 8.62. The molecule has 0 fully saturated rings. The molecule has 0 saturated carbocycles. The monoisotopic (exact) mass is 271 g/mol. The van der Waals surface area contributed by atoms with Crippen LogP contribution in [0, 0.1) is 5.92 Å². The average molecular weight is 271 g/mol. The van der Waals surface area contributed by atoms with Gasteiger partial charge in [-0.1, -0.05) is 19.9 Å². The molecule has 19 heavy (non-hydrogen) atoms. The van der Waals surface area contributed by atoms with Gasteiger partial charge in [0.05, 0.1) is 7.11 Å². The van der Waals surface area contributed by atoms with Crippen molar-refractivity contribution in [2.75, 3.05) is 7.11 Å². The summed E-state index contributed by atoms with van der Waals surface area (Å²) in [4.78, 5) is 23.6. The number of esters is 2. The number of ether oxygens (including phenoxy) is 2. The maximum atomic E-state index is 12.1. The van der Waals surface area contributed by atoms with Gasteiger partial charge in [0.25, 0.3) is 0 Å². The minimum absolute atomic E-state index is 0.0190. The normalized spacial score (nSPS) is 14.0. The molecule has 0 aliphatic rings. The summed E-state index contributed by atoms with van der Waals surface area (Å²) in [6.07, 6.45) is 1.57. The summed E-state index contributed by atoms with van der Waals surface area (Å²) in [6, 6.07) is -0.593. The first-order valence-corrected chi connectivity index (χ1v) is 6.36. The van der Waals surface area contributed by atoms with Crippen molar-refractivity contribution in [2.45, 2.75) is 53.2 Å². The molecule has 5 nitrogen and oxygen atoms in total. The number of carbonyl (C=O) groups is 2. The van der Waals surface area contributed by atoms with Gasteiger partial charge >= 0.3 is 11.9 Å². The molecule has 0 aromatic carbocycles. The second-order valence-electron chi connectivity index (χ2n) is 5.59. The Labute approximate surface area is 115 Å². The van der Waals surface area contributed by atoms with E-state index in [1.165, 1.54) is 7.11 Å². The van der Waals surface area contributed by atoms with Crippen molar-refractivity contribution in [3.63, 3.8) is 0 Å². The van der Waals surface area contributed by atoms with E-state index in [2.05, 4.69) is 10.1 Å². The van der Waals surface area contributed by atoms with Crippen LogP contribution in [-0.2, 0) is 19.1 Å². The highest BCUT2D eigenvalue weighted by Crippen LogP contribution is 2.13. The summed E-state index contributed by atoms with van der Waals surface area (Å²) in [5.74, 6) is -0.906. The first kappa shape index (κ1) is 17.5. The fraction of sp³-hybridized carbons (Fsp3) is 0.714. The summed E-state index contributed by atoms with van der Waals surface area (Å²) in [6.45, 7) is 10.9. The van der Waals surface area contributed by atoms with Gasteiger partial charge < -0.3 is 14.8 Å². The van der Waals surface area contributed by atoms with E-state index in [9.17, 15) is 9.59 Å². The summed E-state index contributed by atoms with van der Waals surface area (Å²) < 4.78 is 9.98. The van der Waals surface area contributed by atoms with E-state index in [-0.39, 0.29) is 17.6 Å². The molecule has 0 aliphatic carbocycles. The van der Waals surface area contributed by atoms with Gasteiger partial charge in [-0.2, -0.15) is 0 Å². The Morgan fingerprint density at radius 2 is 1.74 bits per heavy atom. The van der Waals surface area contributed by atoms with Crippen LogP contribution in [0.15, 0.2) is 11.8 Å². The Kier molecular flexibility index (Phi) is 6.59. The Morgan fingerprint density at radius 1 is 1.21 bits per heavy atom. The molecule has 110 valence electrons. The molecule has 0 amide bonds. The highest BCUT2D eigenvalue weighted by molar-refractivity contribution is 5.89. The Balaban J connectivity index is 4.94. The van der Waals surface area contributed by atoms with Gasteiger partial charge in [0.2, 0.25) is 0 Å². The molecular formula is C14H25NO4. The maximum absolute atomic E-state index is 12.1. The van der Waals surface area contributed by atoms with Gasteiger partial charge in [-0.05, 0) is 33.6 Å². The number of rotatable bonds is 5. The van der Waals surface area contributed by atoms with E-state index in [0.29, 0.717) is 0 Å². The van der Waals surface area contributed by atoms with Crippen LogP contribution >= 0.6 is 0 Å². The molecule has 0 unspecified atom stereocenters. The lowest BCUT2D eigenvalue weighted by Gasteiger charge is -2.27. The summed E-state index contributed by atoms with van der Waals surface area (Å²) >= 11 is 0. The molecule has 0 aromatic heterocycles. The van der Waals surface area contributed by atoms with Crippen molar-refractivity contribution >= 4 is 11.9 Å². The van der Waals surface area contributed by atoms with E-state index in [0.717, 1.165) is 0 Å². The largest absolute Gasteiger partial charge is 0.464 e. The van der Waals surface area contributed by atoms with Gasteiger partial charge in [-0.15, -0.1) is 0 Å². The molecule has 0 bridgehead atoms. The Hall–Kier alpha value is -1.52. The molecular weight excluding hydrogens is 246 g/mol. The third kappa shape index (κ3) is 6.27. The Bertz CT molecular complexity index is 353. The fourth-order valence-corrected chi connectivity index (χ4v) is 1.40.